The van der Waals surface area contributed by atoms with E-state index in [4.69, 9.17) is 0 Å². The highest BCUT2D eigenvalue weighted by Crippen LogP contribution is 2.27. The molecule has 1 fully saturated rings. The number of fused-ring (bicyclic) bond motifs is 1. The molecule has 0 atom stereocenters. The van der Waals surface area contributed by atoms with Crippen molar-refractivity contribution in [2.45, 2.75) is 11.3 Å². The quantitative estimate of drug-likeness (QED) is 0.892. The molecule has 0 amide bonds. The molecular formula is C12H16N2O2S2. The summed E-state index contributed by atoms with van der Waals surface area (Å²) >= 11 is 1.81. The molecule has 98 valence electrons. The van der Waals surface area contributed by atoms with Gasteiger partial charge in [0.15, 0.2) is 0 Å². The highest BCUT2D eigenvalue weighted by Gasteiger charge is 2.27. The lowest BCUT2D eigenvalue weighted by molar-refractivity contribution is 0.443. The first-order chi connectivity index (χ1) is 8.68. The molecular weight excluding hydrogens is 268 g/mol. The molecule has 0 aliphatic carbocycles. The van der Waals surface area contributed by atoms with Crippen LogP contribution in [0.2, 0.25) is 0 Å². The van der Waals surface area contributed by atoms with E-state index in [1.165, 1.54) is 5.56 Å². The fourth-order valence-electron chi connectivity index (χ4n) is 2.37. The largest absolute Gasteiger partial charge is 0.384 e. The molecule has 18 heavy (non-hydrogen) atoms. The average Bonchev–Trinajstić information content (AvgIpc) is 2.87. The van der Waals surface area contributed by atoms with E-state index in [1.807, 2.05) is 17.8 Å². The fourth-order valence-corrected chi connectivity index (χ4v) is 4.97. The predicted octanol–water partition coefficient (Wildman–Crippen LogP) is 1.39. The highest BCUT2D eigenvalue weighted by molar-refractivity contribution is 7.99. The third-order valence-corrected chi connectivity index (χ3v) is 6.24. The van der Waals surface area contributed by atoms with Gasteiger partial charge < -0.3 is 5.32 Å². The second-order valence-corrected chi connectivity index (χ2v) is 7.67. The van der Waals surface area contributed by atoms with E-state index < -0.39 is 10.0 Å². The molecule has 2 aliphatic rings. The molecule has 1 saturated heterocycles. The lowest BCUT2D eigenvalue weighted by atomic mass is 10.2. The molecule has 1 N–H and O–H groups in total. The normalized spacial score (nSPS) is 20.4. The molecule has 0 radical (unpaired) electrons. The van der Waals surface area contributed by atoms with Crippen LogP contribution in [0.1, 0.15) is 5.56 Å². The van der Waals surface area contributed by atoms with E-state index in [0.29, 0.717) is 18.0 Å². The van der Waals surface area contributed by atoms with Gasteiger partial charge in [0.25, 0.3) is 0 Å². The Balaban J connectivity index is 1.93. The summed E-state index contributed by atoms with van der Waals surface area (Å²) in [6.45, 7) is 2.15. The Bertz CT molecular complexity index is 551. The SMILES string of the molecule is O=S(=O)(c1ccc2c(c1)NCC2)N1CCSCC1. The second-order valence-electron chi connectivity index (χ2n) is 4.51. The summed E-state index contributed by atoms with van der Waals surface area (Å²) in [5, 5.41) is 3.23. The first kappa shape index (κ1) is 12.3. The van der Waals surface area contributed by atoms with Crippen molar-refractivity contribution in [3.63, 3.8) is 0 Å². The van der Waals surface area contributed by atoms with Gasteiger partial charge in [-0.3, -0.25) is 0 Å². The van der Waals surface area contributed by atoms with Crippen LogP contribution in [0.3, 0.4) is 0 Å². The van der Waals surface area contributed by atoms with Gasteiger partial charge in [-0.15, -0.1) is 0 Å². The van der Waals surface area contributed by atoms with Crippen LogP contribution in [0.25, 0.3) is 0 Å². The number of sulfonamides is 1. The zero-order chi connectivity index (χ0) is 12.6. The number of hydrogen-bond donors (Lipinski definition) is 1. The number of thioether (sulfide) groups is 1. The maximum Gasteiger partial charge on any atom is 0.243 e. The van der Waals surface area contributed by atoms with Gasteiger partial charge in [-0.2, -0.15) is 16.1 Å². The molecule has 0 spiro atoms. The fraction of sp³-hybridized carbons (Fsp3) is 0.500. The second kappa shape index (κ2) is 4.75. The topological polar surface area (TPSA) is 49.4 Å². The van der Waals surface area contributed by atoms with Crippen molar-refractivity contribution in [1.82, 2.24) is 4.31 Å². The molecule has 2 heterocycles. The van der Waals surface area contributed by atoms with Crippen LogP contribution >= 0.6 is 11.8 Å². The third kappa shape index (κ3) is 2.13. The zero-order valence-corrected chi connectivity index (χ0v) is 11.7. The summed E-state index contributed by atoms with van der Waals surface area (Å²) < 4.78 is 26.5. The van der Waals surface area contributed by atoms with Crippen molar-refractivity contribution in [2.24, 2.45) is 0 Å². The first-order valence-electron chi connectivity index (χ1n) is 6.12. The zero-order valence-electron chi connectivity index (χ0n) is 10.1. The number of nitrogens with zero attached hydrogens (tertiary/aromatic N) is 1. The molecule has 1 aromatic rings. The standard InChI is InChI=1S/C12H16N2O2S2/c15-18(16,14-5-7-17-8-6-14)11-2-1-10-3-4-13-12(10)9-11/h1-2,9,13H,3-8H2. The minimum Gasteiger partial charge on any atom is -0.384 e. The number of hydrogen-bond acceptors (Lipinski definition) is 4. The van der Waals surface area contributed by atoms with Crippen molar-refractivity contribution in [3.05, 3.63) is 23.8 Å². The van der Waals surface area contributed by atoms with Crippen LogP contribution in [0.15, 0.2) is 23.1 Å². The Morgan fingerprint density at radius 1 is 1.22 bits per heavy atom. The monoisotopic (exact) mass is 284 g/mol. The van der Waals surface area contributed by atoms with Crippen molar-refractivity contribution in [1.29, 1.82) is 0 Å². The van der Waals surface area contributed by atoms with E-state index in [-0.39, 0.29) is 0 Å². The van der Waals surface area contributed by atoms with E-state index in [0.717, 1.165) is 30.2 Å². The Kier molecular flexibility index (Phi) is 3.25. The minimum atomic E-state index is -3.30. The van der Waals surface area contributed by atoms with Crippen molar-refractivity contribution in [3.8, 4) is 0 Å². The molecule has 3 rings (SSSR count). The van der Waals surface area contributed by atoms with Gasteiger partial charge in [-0.05, 0) is 24.1 Å². The van der Waals surface area contributed by atoms with Crippen LogP contribution in [-0.4, -0.2) is 43.9 Å². The summed E-state index contributed by atoms with van der Waals surface area (Å²) in [7, 11) is -3.30. The number of rotatable bonds is 2. The Hall–Kier alpha value is -0.720. The maximum atomic E-state index is 12.5. The van der Waals surface area contributed by atoms with E-state index in [1.54, 1.807) is 16.4 Å². The number of anilines is 1. The summed E-state index contributed by atoms with van der Waals surface area (Å²) in [5.74, 6) is 1.78. The average molecular weight is 284 g/mol. The van der Waals surface area contributed by atoms with Crippen LogP contribution in [0.5, 0.6) is 0 Å². The minimum absolute atomic E-state index is 0.419. The highest BCUT2D eigenvalue weighted by atomic mass is 32.2. The van der Waals surface area contributed by atoms with Crippen molar-refractivity contribution < 1.29 is 8.42 Å². The Morgan fingerprint density at radius 2 is 2.00 bits per heavy atom. The molecule has 2 aliphatic heterocycles. The van der Waals surface area contributed by atoms with Gasteiger partial charge in [0.05, 0.1) is 4.90 Å². The van der Waals surface area contributed by atoms with E-state index in [2.05, 4.69) is 5.32 Å². The predicted molar refractivity (Wildman–Crippen MR) is 74.7 cm³/mol. The number of nitrogens with one attached hydrogen (secondary N) is 1. The van der Waals surface area contributed by atoms with Crippen LogP contribution in [-0.2, 0) is 16.4 Å². The third-order valence-electron chi connectivity index (χ3n) is 3.40. The van der Waals surface area contributed by atoms with Gasteiger partial charge in [-0.1, -0.05) is 6.07 Å². The number of benzene rings is 1. The van der Waals surface area contributed by atoms with Gasteiger partial charge in [0.2, 0.25) is 10.0 Å². The van der Waals surface area contributed by atoms with E-state index >= 15 is 0 Å². The van der Waals surface area contributed by atoms with Gasteiger partial charge in [0.1, 0.15) is 0 Å². The van der Waals surface area contributed by atoms with Crippen LogP contribution in [0, 0.1) is 0 Å². The Labute approximate surface area is 112 Å². The Morgan fingerprint density at radius 3 is 2.78 bits per heavy atom. The maximum absolute atomic E-state index is 12.5. The lowest BCUT2D eigenvalue weighted by Gasteiger charge is -2.25. The van der Waals surface area contributed by atoms with Crippen LogP contribution in [0.4, 0.5) is 5.69 Å². The molecule has 0 bridgehead atoms. The van der Waals surface area contributed by atoms with Crippen molar-refractivity contribution in [2.75, 3.05) is 36.5 Å². The van der Waals surface area contributed by atoms with Gasteiger partial charge >= 0.3 is 0 Å². The van der Waals surface area contributed by atoms with Gasteiger partial charge in [-0.25, -0.2) is 8.42 Å². The first-order valence-corrected chi connectivity index (χ1v) is 8.72. The molecule has 0 unspecified atom stereocenters. The summed E-state index contributed by atoms with van der Waals surface area (Å²) in [6, 6.07) is 5.45. The summed E-state index contributed by atoms with van der Waals surface area (Å²) in [4.78, 5) is 0.419. The van der Waals surface area contributed by atoms with E-state index in [9.17, 15) is 8.42 Å². The van der Waals surface area contributed by atoms with Crippen molar-refractivity contribution >= 4 is 27.5 Å². The molecule has 0 saturated carbocycles. The molecule has 6 heteroatoms. The molecule has 4 nitrogen and oxygen atoms in total. The molecule has 0 aromatic heterocycles. The summed E-state index contributed by atoms with van der Waals surface area (Å²) in [6.07, 6.45) is 0.982. The lowest BCUT2D eigenvalue weighted by Crippen LogP contribution is -2.37. The van der Waals surface area contributed by atoms with Crippen LogP contribution < -0.4 is 5.32 Å². The molecule has 1 aromatic carbocycles. The van der Waals surface area contributed by atoms with Gasteiger partial charge in [0, 0.05) is 36.8 Å². The summed E-state index contributed by atoms with van der Waals surface area (Å²) in [5.41, 5.74) is 2.19. The smallest absolute Gasteiger partial charge is 0.243 e.